The number of nitrogens with one attached hydrogen (secondary N) is 2. The van der Waals surface area contributed by atoms with Crippen LogP contribution in [-0.4, -0.2) is 36.6 Å². The molecule has 0 spiro atoms. The number of thiocarbonyl (C=S) groups is 1. The molecule has 1 amide bonds. The first-order chi connectivity index (χ1) is 11.5. The molecule has 6 heteroatoms. The van der Waals surface area contributed by atoms with E-state index in [0.717, 1.165) is 17.0 Å². The van der Waals surface area contributed by atoms with Crippen molar-refractivity contribution in [2.45, 2.75) is 6.61 Å². The van der Waals surface area contributed by atoms with Gasteiger partial charge in [-0.05, 0) is 44.0 Å². The number of likely N-dealkylation sites (N-methyl/N-ethyl adjacent to an activating group) is 1. The van der Waals surface area contributed by atoms with E-state index in [1.54, 1.807) is 4.90 Å². The van der Waals surface area contributed by atoms with Gasteiger partial charge in [0.15, 0.2) is 5.11 Å². The first kappa shape index (κ1) is 17.9. The Hall–Kier alpha value is -2.44. The molecule has 2 aromatic rings. The highest BCUT2D eigenvalue weighted by molar-refractivity contribution is 7.80. The molecule has 0 unspecified atom stereocenters. The molecule has 0 aliphatic rings. The van der Waals surface area contributed by atoms with E-state index < -0.39 is 0 Å². The molecule has 126 valence electrons. The zero-order valence-electron chi connectivity index (χ0n) is 13.8. The fourth-order valence-corrected chi connectivity index (χ4v) is 2.25. The fourth-order valence-electron chi connectivity index (χ4n) is 2.02. The lowest BCUT2D eigenvalue weighted by Crippen LogP contribution is -2.39. The summed E-state index contributed by atoms with van der Waals surface area (Å²) in [6.45, 7) is 0.774. The third-order valence-corrected chi connectivity index (χ3v) is 3.26. The van der Waals surface area contributed by atoms with Crippen molar-refractivity contribution in [3.8, 4) is 5.75 Å². The summed E-state index contributed by atoms with van der Waals surface area (Å²) in [7, 11) is 3.65. The second kappa shape index (κ2) is 9.00. The molecule has 5 nitrogen and oxygen atoms in total. The SMILES string of the molecule is CN(C)CC(=O)NC(=S)Nc1cccc(OCc2ccccc2)c1. The van der Waals surface area contributed by atoms with Crippen molar-refractivity contribution in [2.24, 2.45) is 0 Å². The van der Waals surface area contributed by atoms with Crippen LogP contribution in [0.15, 0.2) is 54.6 Å². The van der Waals surface area contributed by atoms with Gasteiger partial charge in [-0.2, -0.15) is 0 Å². The normalized spacial score (nSPS) is 10.3. The highest BCUT2D eigenvalue weighted by Crippen LogP contribution is 2.18. The largest absolute Gasteiger partial charge is 0.489 e. The summed E-state index contributed by atoms with van der Waals surface area (Å²) < 4.78 is 5.77. The molecule has 0 bridgehead atoms. The number of ether oxygens (including phenoxy) is 1. The molecular formula is C18H21N3O2S. The van der Waals surface area contributed by atoms with E-state index in [2.05, 4.69) is 10.6 Å². The molecule has 0 saturated carbocycles. The molecule has 2 N–H and O–H groups in total. The van der Waals surface area contributed by atoms with Crippen LogP contribution in [0.5, 0.6) is 5.75 Å². The van der Waals surface area contributed by atoms with Crippen LogP contribution >= 0.6 is 12.2 Å². The third-order valence-electron chi connectivity index (χ3n) is 3.05. The van der Waals surface area contributed by atoms with Crippen LogP contribution in [0, 0.1) is 0 Å². The summed E-state index contributed by atoms with van der Waals surface area (Å²) in [4.78, 5) is 13.4. The number of carbonyl (C=O) groups excluding carboxylic acids is 1. The van der Waals surface area contributed by atoms with Crippen molar-refractivity contribution in [2.75, 3.05) is 26.0 Å². The Morgan fingerprint density at radius 2 is 1.88 bits per heavy atom. The molecular weight excluding hydrogens is 322 g/mol. The summed E-state index contributed by atoms with van der Waals surface area (Å²) in [6, 6.07) is 17.4. The van der Waals surface area contributed by atoms with Crippen LogP contribution in [-0.2, 0) is 11.4 Å². The summed E-state index contributed by atoms with van der Waals surface area (Å²) in [5, 5.41) is 5.89. The van der Waals surface area contributed by atoms with E-state index in [-0.39, 0.29) is 17.6 Å². The van der Waals surface area contributed by atoms with Crippen LogP contribution in [0.3, 0.4) is 0 Å². The van der Waals surface area contributed by atoms with Gasteiger partial charge >= 0.3 is 0 Å². The van der Waals surface area contributed by atoms with Gasteiger partial charge in [-0.25, -0.2) is 0 Å². The van der Waals surface area contributed by atoms with Crippen molar-refractivity contribution in [3.05, 3.63) is 60.2 Å². The van der Waals surface area contributed by atoms with Crippen molar-refractivity contribution < 1.29 is 9.53 Å². The first-order valence-corrected chi connectivity index (χ1v) is 7.96. The Morgan fingerprint density at radius 1 is 1.12 bits per heavy atom. The zero-order valence-corrected chi connectivity index (χ0v) is 14.6. The van der Waals surface area contributed by atoms with Gasteiger partial charge in [-0.15, -0.1) is 0 Å². The minimum Gasteiger partial charge on any atom is -0.489 e. The Balaban J connectivity index is 1.88. The number of amides is 1. The summed E-state index contributed by atoms with van der Waals surface area (Å²) in [6.07, 6.45) is 0. The van der Waals surface area contributed by atoms with Gasteiger partial charge in [-0.3, -0.25) is 4.79 Å². The maximum atomic E-state index is 11.7. The van der Waals surface area contributed by atoms with Gasteiger partial charge in [0.05, 0.1) is 6.54 Å². The number of hydrogen-bond donors (Lipinski definition) is 2. The predicted molar refractivity (Wildman–Crippen MR) is 100 cm³/mol. The average molecular weight is 343 g/mol. The van der Waals surface area contributed by atoms with Gasteiger partial charge in [0.2, 0.25) is 5.91 Å². The number of rotatable bonds is 6. The smallest absolute Gasteiger partial charge is 0.240 e. The Kier molecular flexibility index (Phi) is 6.72. The topological polar surface area (TPSA) is 53.6 Å². The minimum absolute atomic E-state index is 0.158. The third kappa shape index (κ3) is 6.36. The van der Waals surface area contributed by atoms with Gasteiger partial charge in [0, 0.05) is 11.8 Å². The Labute approximate surface area is 147 Å². The van der Waals surface area contributed by atoms with Crippen LogP contribution in [0.1, 0.15) is 5.56 Å². The maximum absolute atomic E-state index is 11.7. The fraction of sp³-hybridized carbons (Fsp3) is 0.222. The molecule has 0 heterocycles. The number of carbonyl (C=O) groups is 1. The first-order valence-electron chi connectivity index (χ1n) is 7.55. The number of nitrogens with zero attached hydrogens (tertiary/aromatic N) is 1. The molecule has 0 atom stereocenters. The number of benzene rings is 2. The number of anilines is 1. The van der Waals surface area contributed by atoms with E-state index in [9.17, 15) is 4.79 Å². The molecule has 0 aliphatic heterocycles. The van der Waals surface area contributed by atoms with E-state index in [1.165, 1.54) is 0 Å². The second-order valence-corrected chi connectivity index (χ2v) is 5.95. The lowest BCUT2D eigenvalue weighted by molar-refractivity contribution is -0.120. The Morgan fingerprint density at radius 3 is 2.58 bits per heavy atom. The molecule has 0 fully saturated rings. The van der Waals surface area contributed by atoms with Crippen molar-refractivity contribution in [1.82, 2.24) is 10.2 Å². The zero-order chi connectivity index (χ0) is 17.4. The Bertz CT molecular complexity index is 690. The summed E-state index contributed by atoms with van der Waals surface area (Å²) in [5.41, 5.74) is 1.86. The number of hydrogen-bond acceptors (Lipinski definition) is 4. The highest BCUT2D eigenvalue weighted by atomic mass is 32.1. The van der Waals surface area contributed by atoms with Crippen molar-refractivity contribution in [3.63, 3.8) is 0 Å². The van der Waals surface area contributed by atoms with E-state index in [1.807, 2.05) is 68.7 Å². The average Bonchev–Trinajstić information content (AvgIpc) is 2.53. The highest BCUT2D eigenvalue weighted by Gasteiger charge is 2.06. The molecule has 0 aliphatic carbocycles. The molecule has 0 radical (unpaired) electrons. The molecule has 2 rings (SSSR count). The standard InChI is InChI=1S/C18H21N3O2S/c1-21(2)12-17(22)20-18(24)19-15-9-6-10-16(11-15)23-13-14-7-4-3-5-8-14/h3-11H,12-13H2,1-2H3,(H2,19,20,22,24). The second-order valence-electron chi connectivity index (χ2n) is 5.54. The van der Waals surface area contributed by atoms with E-state index >= 15 is 0 Å². The van der Waals surface area contributed by atoms with Gasteiger partial charge in [0.1, 0.15) is 12.4 Å². The molecule has 2 aromatic carbocycles. The van der Waals surface area contributed by atoms with Crippen LogP contribution < -0.4 is 15.4 Å². The van der Waals surface area contributed by atoms with Crippen molar-refractivity contribution in [1.29, 1.82) is 0 Å². The monoisotopic (exact) mass is 343 g/mol. The lowest BCUT2D eigenvalue weighted by atomic mass is 10.2. The molecule has 0 saturated heterocycles. The van der Waals surface area contributed by atoms with Gasteiger partial charge < -0.3 is 20.3 Å². The van der Waals surface area contributed by atoms with Gasteiger partial charge in [-0.1, -0.05) is 36.4 Å². The summed E-state index contributed by atoms with van der Waals surface area (Å²) in [5.74, 6) is 0.570. The van der Waals surface area contributed by atoms with E-state index in [4.69, 9.17) is 17.0 Å². The van der Waals surface area contributed by atoms with Crippen LogP contribution in [0.4, 0.5) is 5.69 Å². The van der Waals surface area contributed by atoms with Crippen LogP contribution in [0.2, 0.25) is 0 Å². The predicted octanol–water partition coefficient (Wildman–Crippen LogP) is 2.64. The quantitative estimate of drug-likeness (QED) is 0.790. The molecule has 0 aromatic heterocycles. The summed E-state index contributed by atoms with van der Waals surface area (Å²) >= 11 is 5.15. The van der Waals surface area contributed by atoms with Gasteiger partial charge in [0.25, 0.3) is 0 Å². The van der Waals surface area contributed by atoms with Crippen LogP contribution in [0.25, 0.3) is 0 Å². The maximum Gasteiger partial charge on any atom is 0.240 e. The lowest BCUT2D eigenvalue weighted by Gasteiger charge is -2.13. The van der Waals surface area contributed by atoms with E-state index in [0.29, 0.717) is 6.61 Å². The van der Waals surface area contributed by atoms with Crippen molar-refractivity contribution >= 4 is 28.9 Å². The molecule has 24 heavy (non-hydrogen) atoms. The minimum atomic E-state index is -0.158.